The Kier molecular flexibility index (Phi) is 4.39. The van der Waals surface area contributed by atoms with Crippen molar-refractivity contribution in [3.05, 3.63) is 71.2 Å². The maximum atomic E-state index is 13.2. The van der Waals surface area contributed by atoms with Gasteiger partial charge in [-0.2, -0.15) is 0 Å². The largest absolute Gasteiger partial charge is 0.392 e. The van der Waals surface area contributed by atoms with Crippen molar-refractivity contribution in [1.82, 2.24) is 10.3 Å². The van der Waals surface area contributed by atoms with Crippen LogP contribution in [0.4, 0.5) is 4.39 Å². The Bertz CT molecular complexity index is 842. The molecule has 0 saturated heterocycles. The van der Waals surface area contributed by atoms with Gasteiger partial charge in [-0.25, -0.2) is 4.39 Å². The van der Waals surface area contributed by atoms with Crippen LogP contribution in [0.3, 0.4) is 0 Å². The summed E-state index contributed by atoms with van der Waals surface area (Å²) >= 11 is 0. The van der Waals surface area contributed by atoms with E-state index < -0.39 is 0 Å². The van der Waals surface area contributed by atoms with Crippen LogP contribution in [0.5, 0.6) is 0 Å². The number of fused-ring (bicyclic) bond motifs is 1. The van der Waals surface area contributed by atoms with Crippen LogP contribution in [0.2, 0.25) is 0 Å². The first-order chi connectivity index (χ1) is 11.2. The second kappa shape index (κ2) is 6.62. The first-order valence-corrected chi connectivity index (χ1v) is 7.37. The fraction of sp³-hybridized carbons (Fsp3) is 0.167. The lowest BCUT2D eigenvalue weighted by Crippen LogP contribution is -2.25. The van der Waals surface area contributed by atoms with Crippen LogP contribution in [0.1, 0.15) is 16.7 Å². The highest BCUT2D eigenvalue weighted by Crippen LogP contribution is 2.19. The number of carbonyl (C=O) groups excluding carboxylic acids is 1. The number of hydrogen-bond acceptors (Lipinski definition) is 2. The number of aliphatic hydroxyl groups excluding tert-OH is 1. The number of hydrogen-bond donors (Lipinski definition) is 3. The summed E-state index contributed by atoms with van der Waals surface area (Å²) in [4.78, 5) is 15.1. The molecule has 118 valence electrons. The van der Waals surface area contributed by atoms with Gasteiger partial charge in [0.1, 0.15) is 5.82 Å². The fourth-order valence-corrected chi connectivity index (χ4v) is 2.62. The fourth-order valence-electron chi connectivity index (χ4n) is 2.62. The molecule has 0 atom stereocenters. The Hall–Kier alpha value is -2.66. The number of aliphatic hydroxyl groups is 1. The molecule has 2 aromatic carbocycles. The third-order valence-electron chi connectivity index (χ3n) is 3.85. The number of halogens is 1. The van der Waals surface area contributed by atoms with E-state index in [9.17, 15) is 14.3 Å². The molecule has 3 aromatic rings. The highest BCUT2D eigenvalue weighted by Gasteiger charge is 2.10. The van der Waals surface area contributed by atoms with Crippen molar-refractivity contribution in [2.24, 2.45) is 0 Å². The minimum absolute atomic E-state index is 0.0555. The van der Waals surface area contributed by atoms with Gasteiger partial charge >= 0.3 is 0 Å². The second-order valence-corrected chi connectivity index (χ2v) is 5.38. The van der Waals surface area contributed by atoms with E-state index in [4.69, 9.17) is 0 Å². The predicted molar refractivity (Wildman–Crippen MR) is 86.2 cm³/mol. The minimum atomic E-state index is -0.309. The highest BCUT2D eigenvalue weighted by molar-refractivity contribution is 5.88. The third kappa shape index (κ3) is 3.40. The summed E-state index contributed by atoms with van der Waals surface area (Å²) in [5, 5.41) is 13.0. The molecule has 0 spiro atoms. The van der Waals surface area contributed by atoms with Gasteiger partial charge in [0.25, 0.3) is 0 Å². The van der Waals surface area contributed by atoms with E-state index in [0.717, 1.165) is 22.1 Å². The topological polar surface area (TPSA) is 65.1 Å². The Labute approximate surface area is 133 Å². The molecule has 3 rings (SSSR count). The summed E-state index contributed by atoms with van der Waals surface area (Å²) in [6.07, 6.45) is 1.94. The quantitative estimate of drug-likeness (QED) is 0.678. The lowest BCUT2D eigenvalue weighted by atomic mass is 10.1. The van der Waals surface area contributed by atoms with Gasteiger partial charge in [0.2, 0.25) is 5.91 Å². The molecule has 0 saturated carbocycles. The molecule has 4 nitrogen and oxygen atoms in total. The number of H-pyrrole nitrogens is 1. The Morgan fingerprint density at radius 1 is 1.13 bits per heavy atom. The number of aromatic amines is 1. The van der Waals surface area contributed by atoms with Crippen molar-refractivity contribution in [2.45, 2.75) is 19.6 Å². The number of nitrogens with one attached hydrogen (secondary N) is 2. The first kappa shape index (κ1) is 15.2. The molecule has 0 fully saturated rings. The normalized spacial score (nSPS) is 10.9. The monoisotopic (exact) mass is 312 g/mol. The number of benzene rings is 2. The lowest BCUT2D eigenvalue weighted by molar-refractivity contribution is -0.120. The van der Waals surface area contributed by atoms with E-state index in [1.165, 1.54) is 12.1 Å². The van der Waals surface area contributed by atoms with Gasteiger partial charge in [0.05, 0.1) is 13.0 Å². The van der Waals surface area contributed by atoms with Crippen LogP contribution < -0.4 is 5.32 Å². The zero-order valence-corrected chi connectivity index (χ0v) is 12.5. The number of carbonyl (C=O) groups is 1. The van der Waals surface area contributed by atoms with Crippen molar-refractivity contribution in [3.8, 4) is 0 Å². The third-order valence-corrected chi connectivity index (χ3v) is 3.85. The molecule has 0 bridgehead atoms. The summed E-state index contributed by atoms with van der Waals surface area (Å²) in [6, 6.07) is 11.9. The first-order valence-electron chi connectivity index (χ1n) is 7.37. The van der Waals surface area contributed by atoms with Gasteiger partial charge in [-0.15, -0.1) is 0 Å². The van der Waals surface area contributed by atoms with Crippen LogP contribution in [-0.2, 0) is 24.4 Å². The van der Waals surface area contributed by atoms with Crippen molar-refractivity contribution < 1.29 is 14.3 Å². The molecule has 3 N–H and O–H groups in total. The zero-order chi connectivity index (χ0) is 16.2. The van der Waals surface area contributed by atoms with Crippen molar-refractivity contribution in [2.75, 3.05) is 0 Å². The maximum Gasteiger partial charge on any atom is 0.224 e. The average Bonchev–Trinajstić information content (AvgIpc) is 2.95. The molecule has 0 aliphatic carbocycles. The number of rotatable bonds is 5. The predicted octanol–water partition coefficient (Wildman–Crippen LogP) is 2.66. The highest BCUT2D eigenvalue weighted by atomic mass is 19.1. The smallest absolute Gasteiger partial charge is 0.224 e. The van der Waals surface area contributed by atoms with E-state index in [1.807, 2.05) is 24.3 Å². The van der Waals surface area contributed by atoms with E-state index in [0.29, 0.717) is 12.1 Å². The second-order valence-electron chi connectivity index (χ2n) is 5.38. The molecule has 0 aliphatic heterocycles. The van der Waals surface area contributed by atoms with Gasteiger partial charge in [-0.3, -0.25) is 4.79 Å². The van der Waals surface area contributed by atoms with Gasteiger partial charge in [0.15, 0.2) is 0 Å². The van der Waals surface area contributed by atoms with Crippen LogP contribution in [0.25, 0.3) is 10.9 Å². The van der Waals surface area contributed by atoms with E-state index in [-0.39, 0.29) is 24.8 Å². The molecule has 1 aromatic heterocycles. The average molecular weight is 312 g/mol. The summed E-state index contributed by atoms with van der Waals surface area (Å²) in [7, 11) is 0. The Morgan fingerprint density at radius 3 is 2.70 bits per heavy atom. The van der Waals surface area contributed by atoms with Crippen molar-refractivity contribution in [3.63, 3.8) is 0 Å². The SMILES string of the molecule is O=C(Cc1c[nH]c2cc(F)ccc12)NCc1ccccc1CO. The van der Waals surface area contributed by atoms with Crippen molar-refractivity contribution >= 4 is 16.8 Å². The molecule has 1 amide bonds. The molecule has 23 heavy (non-hydrogen) atoms. The number of aromatic nitrogens is 1. The van der Waals surface area contributed by atoms with Gasteiger partial charge in [-0.1, -0.05) is 24.3 Å². The van der Waals surface area contributed by atoms with Gasteiger partial charge in [-0.05, 0) is 34.9 Å². The molecule has 0 aliphatic rings. The standard InChI is InChI=1S/C18H17FN2O2/c19-15-5-6-16-14(10-20-17(16)8-15)7-18(23)21-9-12-3-1-2-4-13(12)11-22/h1-6,8,10,20,22H,7,9,11H2,(H,21,23). The molecule has 0 unspecified atom stereocenters. The van der Waals surface area contributed by atoms with E-state index in [2.05, 4.69) is 10.3 Å². The van der Waals surface area contributed by atoms with Crippen molar-refractivity contribution in [1.29, 1.82) is 0 Å². The number of amides is 1. The zero-order valence-electron chi connectivity index (χ0n) is 12.5. The van der Waals surface area contributed by atoms with Gasteiger partial charge < -0.3 is 15.4 Å². The molecular formula is C18H17FN2O2. The lowest BCUT2D eigenvalue weighted by Gasteiger charge is -2.08. The summed E-state index contributed by atoms with van der Waals surface area (Å²) in [5.41, 5.74) is 3.20. The maximum absolute atomic E-state index is 13.2. The van der Waals surface area contributed by atoms with E-state index in [1.54, 1.807) is 12.3 Å². The summed E-state index contributed by atoms with van der Waals surface area (Å²) in [6.45, 7) is 0.312. The van der Waals surface area contributed by atoms with Crippen LogP contribution in [0, 0.1) is 5.82 Å². The van der Waals surface area contributed by atoms with Crippen LogP contribution in [-0.4, -0.2) is 16.0 Å². The molecule has 5 heteroatoms. The van der Waals surface area contributed by atoms with Crippen LogP contribution >= 0.6 is 0 Å². The minimum Gasteiger partial charge on any atom is -0.392 e. The molecule has 1 heterocycles. The summed E-state index contributed by atoms with van der Waals surface area (Å²) in [5.74, 6) is -0.432. The van der Waals surface area contributed by atoms with Gasteiger partial charge in [0, 0.05) is 23.6 Å². The summed E-state index contributed by atoms with van der Waals surface area (Å²) < 4.78 is 13.2. The molecule has 0 radical (unpaired) electrons. The van der Waals surface area contributed by atoms with E-state index >= 15 is 0 Å². The Balaban J connectivity index is 1.67. The van der Waals surface area contributed by atoms with Crippen LogP contribution in [0.15, 0.2) is 48.7 Å². The Morgan fingerprint density at radius 2 is 1.91 bits per heavy atom. The molecular weight excluding hydrogens is 295 g/mol.